The molecule has 1 aromatic rings. The van der Waals surface area contributed by atoms with Crippen molar-refractivity contribution in [1.82, 2.24) is 0 Å². The van der Waals surface area contributed by atoms with Crippen molar-refractivity contribution in [2.45, 2.75) is 20.8 Å². The van der Waals surface area contributed by atoms with Gasteiger partial charge in [-0.25, -0.2) is 0 Å². The van der Waals surface area contributed by atoms with E-state index in [0.29, 0.717) is 0 Å². The van der Waals surface area contributed by atoms with E-state index in [1.807, 2.05) is 20.8 Å². The first-order chi connectivity index (χ1) is 6.11. The molecule has 0 aromatic heterocycles. The molecule has 4 nitrogen and oxygen atoms in total. The van der Waals surface area contributed by atoms with Crippen molar-refractivity contribution in [2.75, 3.05) is 5.73 Å². The van der Waals surface area contributed by atoms with Gasteiger partial charge in [-0.1, -0.05) is 19.9 Å². The normalized spacial score (nSPS) is 8.54. The highest BCUT2D eigenvalue weighted by molar-refractivity contribution is 5.58. The van der Waals surface area contributed by atoms with E-state index >= 15 is 0 Å². The number of rotatable bonds is 1. The first kappa shape index (κ1) is 11.4. The molecule has 0 bridgehead atoms. The standard InChI is InChI=1S/C7H8N2O2.C2H6/c1-5-2-3-7(9(10)11)6(8)4-5;1-2/h2-4H,8H2,1H3;1-2H3. The van der Waals surface area contributed by atoms with E-state index in [2.05, 4.69) is 0 Å². The number of nitrogen functional groups attached to an aromatic ring is 1. The minimum atomic E-state index is -0.491. The maximum atomic E-state index is 10.3. The summed E-state index contributed by atoms with van der Waals surface area (Å²) in [4.78, 5) is 9.77. The van der Waals surface area contributed by atoms with Gasteiger partial charge in [0.25, 0.3) is 5.69 Å². The summed E-state index contributed by atoms with van der Waals surface area (Å²) in [7, 11) is 0. The van der Waals surface area contributed by atoms with Gasteiger partial charge in [0, 0.05) is 6.07 Å². The first-order valence-corrected chi connectivity index (χ1v) is 4.12. The maximum absolute atomic E-state index is 10.3. The number of benzene rings is 1. The van der Waals surface area contributed by atoms with Crippen LogP contribution in [0.5, 0.6) is 0 Å². The van der Waals surface area contributed by atoms with Gasteiger partial charge in [-0.15, -0.1) is 0 Å². The zero-order valence-electron chi connectivity index (χ0n) is 8.07. The summed E-state index contributed by atoms with van der Waals surface area (Å²) in [6.45, 7) is 5.83. The van der Waals surface area contributed by atoms with E-state index in [0.717, 1.165) is 5.56 Å². The van der Waals surface area contributed by atoms with Crippen LogP contribution in [-0.2, 0) is 0 Å². The lowest BCUT2D eigenvalue weighted by atomic mass is 10.2. The van der Waals surface area contributed by atoms with E-state index in [9.17, 15) is 10.1 Å². The Morgan fingerprint density at radius 1 is 1.38 bits per heavy atom. The third-order valence-corrected chi connectivity index (χ3v) is 1.38. The van der Waals surface area contributed by atoms with Gasteiger partial charge in [0.15, 0.2) is 0 Å². The minimum absolute atomic E-state index is 0.0319. The Bertz CT molecular complexity index is 298. The van der Waals surface area contributed by atoms with Gasteiger partial charge in [-0.3, -0.25) is 10.1 Å². The summed E-state index contributed by atoms with van der Waals surface area (Å²) >= 11 is 0. The predicted molar refractivity (Wildman–Crippen MR) is 53.6 cm³/mol. The quantitative estimate of drug-likeness (QED) is 0.412. The van der Waals surface area contributed by atoms with Gasteiger partial charge >= 0.3 is 0 Å². The fourth-order valence-electron chi connectivity index (χ4n) is 0.840. The molecule has 0 saturated carbocycles. The van der Waals surface area contributed by atoms with E-state index in [1.165, 1.54) is 6.07 Å². The summed E-state index contributed by atoms with van der Waals surface area (Å²) in [5.74, 6) is 0. The molecule has 0 fully saturated rings. The zero-order valence-corrected chi connectivity index (χ0v) is 8.07. The molecular formula is C9H14N2O2. The smallest absolute Gasteiger partial charge is 0.292 e. The van der Waals surface area contributed by atoms with Crippen molar-refractivity contribution in [3.63, 3.8) is 0 Å². The number of nitro groups is 1. The third kappa shape index (κ3) is 3.11. The van der Waals surface area contributed by atoms with Gasteiger partial charge in [0.1, 0.15) is 5.69 Å². The van der Waals surface area contributed by atoms with Crippen molar-refractivity contribution in [1.29, 1.82) is 0 Å². The zero-order chi connectivity index (χ0) is 10.4. The van der Waals surface area contributed by atoms with Crippen LogP contribution in [0.25, 0.3) is 0 Å². The van der Waals surface area contributed by atoms with Crippen molar-refractivity contribution in [3.8, 4) is 0 Å². The second-order valence-corrected chi connectivity index (χ2v) is 2.32. The molecular weight excluding hydrogens is 168 g/mol. The van der Waals surface area contributed by atoms with E-state index in [-0.39, 0.29) is 11.4 Å². The minimum Gasteiger partial charge on any atom is -0.393 e. The molecule has 0 unspecified atom stereocenters. The van der Waals surface area contributed by atoms with Crippen LogP contribution >= 0.6 is 0 Å². The lowest BCUT2D eigenvalue weighted by molar-refractivity contribution is -0.383. The number of hydrogen-bond acceptors (Lipinski definition) is 3. The molecule has 0 atom stereocenters. The van der Waals surface area contributed by atoms with Crippen molar-refractivity contribution >= 4 is 11.4 Å². The molecule has 72 valence electrons. The van der Waals surface area contributed by atoms with Crippen LogP contribution in [-0.4, -0.2) is 4.92 Å². The fourth-order valence-corrected chi connectivity index (χ4v) is 0.840. The second-order valence-electron chi connectivity index (χ2n) is 2.32. The summed E-state index contributed by atoms with van der Waals surface area (Å²) in [6.07, 6.45) is 0. The molecule has 1 aromatic carbocycles. The molecule has 2 N–H and O–H groups in total. The van der Waals surface area contributed by atoms with Gasteiger partial charge < -0.3 is 5.73 Å². The number of nitro benzene ring substituents is 1. The second kappa shape index (κ2) is 5.13. The topological polar surface area (TPSA) is 69.2 Å². The Morgan fingerprint density at radius 3 is 2.31 bits per heavy atom. The highest BCUT2D eigenvalue weighted by Gasteiger charge is 2.08. The summed E-state index contributed by atoms with van der Waals surface area (Å²) in [6, 6.07) is 4.65. The summed E-state index contributed by atoms with van der Waals surface area (Å²) in [5, 5.41) is 10.3. The molecule has 0 saturated heterocycles. The molecule has 4 heteroatoms. The molecule has 1 rings (SSSR count). The van der Waals surface area contributed by atoms with E-state index < -0.39 is 4.92 Å². The molecule has 0 aliphatic heterocycles. The molecule has 0 aliphatic carbocycles. The van der Waals surface area contributed by atoms with Gasteiger partial charge in [0.2, 0.25) is 0 Å². The average molecular weight is 182 g/mol. The van der Waals surface area contributed by atoms with Crippen molar-refractivity contribution < 1.29 is 4.92 Å². The summed E-state index contributed by atoms with van der Waals surface area (Å²) < 4.78 is 0. The number of nitrogens with zero attached hydrogens (tertiary/aromatic N) is 1. The molecule has 0 amide bonds. The van der Waals surface area contributed by atoms with Gasteiger partial charge in [-0.05, 0) is 18.6 Å². The molecule has 0 aliphatic rings. The SMILES string of the molecule is CC.Cc1ccc([N+](=O)[O-])c(N)c1. The number of nitrogens with two attached hydrogens (primary N) is 1. The summed E-state index contributed by atoms with van der Waals surface area (Å²) in [5.41, 5.74) is 6.49. The first-order valence-electron chi connectivity index (χ1n) is 4.12. The van der Waals surface area contributed by atoms with E-state index in [1.54, 1.807) is 12.1 Å². The Labute approximate surface area is 77.5 Å². The number of anilines is 1. The Balaban J connectivity index is 0.000000671. The van der Waals surface area contributed by atoms with Crippen LogP contribution in [0.15, 0.2) is 18.2 Å². The third-order valence-electron chi connectivity index (χ3n) is 1.38. The van der Waals surface area contributed by atoms with Crippen molar-refractivity contribution in [2.24, 2.45) is 0 Å². The van der Waals surface area contributed by atoms with Gasteiger partial charge in [0.05, 0.1) is 4.92 Å². The molecule has 0 radical (unpaired) electrons. The van der Waals surface area contributed by atoms with Crippen LogP contribution in [0.3, 0.4) is 0 Å². The largest absolute Gasteiger partial charge is 0.393 e. The highest BCUT2D eigenvalue weighted by Crippen LogP contribution is 2.21. The Kier molecular flexibility index (Phi) is 4.51. The lowest BCUT2D eigenvalue weighted by Crippen LogP contribution is -1.95. The van der Waals surface area contributed by atoms with E-state index in [4.69, 9.17) is 5.73 Å². The Morgan fingerprint density at radius 2 is 1.92 bits per heavy atom. The monoisotopic (exact) mass is 182 g/mol. The van der Waals surface area contributed by atoms with Crippen LogP contribution in [0.4, 0.5) is 11.4 Å². The lowest BCUT2D eigenvalue weighted by Gasteiger charge is -1.96. The van der Waals surface area contributed by atoms with Crippen molar-refractivity contribution in [3.05, 3.63) is 33.9 Å². The predicted octanol–water partition coefficient (Wildman–Crippen LogP) is 2.51. The van der Waals surface area contributed by atoms with Gasteiger partial charge in [-0.2, -0.15) is 0 Å². The van der Waals surface area contributed by atoms with Crippen LogP contribution < -0.4 is 5.73 Å². The van der Waals surface area contributed by atoms with Crippen LogP contribution in [0, 0.1) is 17.0 Å². The number of hydrogen-bond donors (Lipinski definition) is 1. The fraction of sp³-hybridized carbons (Fsp3) is 0.333. The van der Waals surface area contributed by atoms with Crippen LogP contribution in [0.1, 0.15) is 19.4 Å². The maximum Gasteiger partial charge on any atom is 0.292 e. The van der Waals surface area contributed by atoms with Crippen LogP contribution in [0.2, 0.25) is 0 Å². The average Bonchev–Trinajstić information content (AvgIpc) is 2.07. The number of aryl methyl sites for hydroxylation is 1. The Hall–Kier alpha value is -1.58. The molecule has 13 heavy (non-hydrogen) atoms. The highest BCUT2D eigenvalue weighted by atomic mass is 16.6. The molecule has 0 spiro atoms. The molecule has 0 heterocycles.